The summed E-state index contributed by atoms with van der Waals surface area (Å²) in [7, 11) is 3.74. The van der Waals surface area contributed by atoms with Crippen LogP contribution in [-0.2, 0) is 4.79 Å². The number of aromatic nitrogens is 2. The van der Waals surface area contributed by atoms with Gasteiger partial charge in [-0.15, -0.1) is 0 Å². The summed E-state index contributed by atoms with van der Waals surface area (Å²) in [6.07, 6.45) is 3.52. The molecule has 118 valence electrons. The van der Waals surface area contributed by atoms with E-state index in [1.54, 1.807) is 15.8 Å². The van der Waals surface area contributed by atoms with E-state index in [1.807, 2.05) is 56.7 Å². The molecule has 0 radical (unpaired) electrons. The Kier molecular flexibility index (Phi) is 4.98. The maximum atomic E-state index is 13.0. The fraction of sp³-hybridized carbons (Fsp3) is 0.412. The number of likely N-dealkylation sites (N-methyl/N-ethyl adjacent to an activating group) is 2. The van der Waals surface area contributed by atoms with E-state index in [0.29, 0.717) is 6.54 Å². The smallest absolute Gasteiger partial charge is 0.251 e. The minimum absolute atomic E-state index is 0.0261. The highest BCUT2D eigenvalue weighted by molar-refractivity contribution is 5.83. The van der Waals surface area contributed by atoms with Crippen LogP contribution in [0.3, 0.4) is 0 Å². The van der Waals surface area contributed by atoms with Gasteiger partial charge in [0.15, 0.2) is 6.04 Å². The summed E-state index contributed by atoms with van der Waals surface area (Å²) in [6, 6.07) is 11.1. The Morgan fingerprint density at radius 2 is 2.00 bits per heavy atom. The van der Waals surface area contributed by atoms with E-state index in [-0.39, 0.29) is 11.4 Å². The van der Waals surface area contributed by atoms with Gasteiger partial charge in [-0.1, -0.05) is 30.3 Å². The second-order valence-corrected chi connectivity index (χ2v) is 6.13. The zero-order valence-electron chi connectivity index (χ0n) is 13.7. The molecule has 0 saturated carbocycles. The molecule has 1 unspecified atom stereocenters. The molecule has 2 rings (SSSR count). The molecule has 0 bridgehead atoms. The number of rotatable bonds is 6. The summed E-state index contributed by atoms with van der Waals surface area (Å²) in [5.74, 6) is 0.0261. The quantitative estimate of drug-likeness (QED) is 0.887. The third-order valence-electron chi connectivity index (χ3n) is 3.82. The Morgan fingerprint density at radius 3 is 2.55 bits per heavy atom. The monoisotopic (exact) mass is 300 g/mol. The van der Waals surface area contributed by atoms with Crippen LogP contribution in [0.25, 0.3) is 0 Å². The number of carbonyl (C=O) groups excluding carboxylic acids is 1. The van der Waals surface area contributed by atoms with E-state index in [9.17, 15) is 4.79 Å². The number of hydrogen-bond acceptors (Lipinski definition) is 3. The molecule has 5 heteroatoms. The van der Waals surface area contributed by atoms with Gasteiger partial charge in [0.25, 0.3) is 5.91 Å². The summed E-state index contributed by atoms with van der Waals surface area (Å²) in [4.78, 5) is 14.7. The van der Waals surface area contributed by atoms with Gasteiger partial charge < -0.3 is 10.2 Å². The summed E-state index contributed by atoms with van der Waals surface area (Å²) >= 11 is 0. The van der Waals surface area contributed by atoms with E-state index < -0.39 is 6.04 Å². The average molecular weight is 300 g/mol. The van der Waals surface area contributed by atoms with E-state index in [1.165, 1.54) is 0 Å². The lowest BCUT2D eigenvalue weighted by Gasteiger charge is -2.32. The Morgan fingerprint density at radius 1 is 1.32 bits per heavy atom. The molecule has 1 heterocycles. The normalized spacial score (nSPS) is 12.9. The van der Waals surface area contributed by atoms with Gasteiger partial charge in [0, 0.05) is 31.5 Å². The predicted molar refractivity (Wildman–Crippen MR) is 87.6 cm³/mol. The van der Waals surface area contributed by atoms with Gasteiger partial charge in [-0.25, -0.2) is 0 Å². The largest absolute Gasteiger partial charge is 0.342 e. The minimum Gasteiger partial charge on any atom is -0.342 e. The first-order valence-corrected chi connectivity index (χ1v) is 7.42. The minimum atomic E-state index is -0.436. The molecule has 0 aliphatic carbocycles. The molecule has 0 aliphatic heterocycles. The number of nitrogens with zero attached hydrogens (tertiary/aromatic N) is 3. The van der Waals surface area contributed by atoms with Crippen molar-refractivity contribution in [3.05, 3.63) is 54.4 Å². The summed E-state index contributed by atoms with van der Waals surface area (Å²) in [5, 5.41) is 7.49. The molecular weight excluding hydrogens is 276 g/mol. The van der Waals surface area contributed by atoms with E-state index >= 15 is 0 Å². The molecule has 0 fully saturated rings. The molecule has 0 saturated heterocycles. The van der Waals surface area contributed by atoms with Crippen LogP contribution >= 0.6 is 0 Å². The third-order valence-corrected chi connectivity index (χ3v) is 3.82. The van der Waals surface area contributed by atoms with Gasteiger partial charge in [0.2, 0.25) is 0 Å². The number of nitrogens with one attached hydrogen (secondary N) is 1. The summed E-state index contributed by atoms with van der Waals surface area (Å²) < 4.78 is 1.71. The highest BCUT2D eigenvalue weighted by Gasteiger charge is 2.29. The molecule has 0 spiro atoms. The first-order chi connectivity index (χ1) is 10.4. The molecule has 1 N–H and O–H groups in total. The zero-order chi connectivity index (χ0) is 16.2. The maximum absolute atomic E-state index is 13.0. The van der Waals surface area contributed by atoms with Crippen LogP contribution in [0.4, 0.5) is 0 Å². The molecule has 2 aromatic rings. The zero-order valence-corrected chi connectivity index (χ0v) is 13.7. The molecule has 1 atom stereocenters. The van der Waals surface area contributed by atoms with Gasteiger partial charge >= 0.3 is 0 Å². The van der Waals surface area contributed by atoms with Crippen molar-refractivity contribution >= 4 is 5.91 Å². The third kappa shape index (κ3) is 3.74. The van der Waals surface area contributed by atoms with Gasteiger partial charge in [0.05, 0.1) is 0 Å². The molecular formula is C17H24N4O. The topological polar surface area (TPSA) is 50.2 Å². The van der Waals surface area contributed by atoms with E-state index in [4.69, 9.17) is 0 Å². The maximum Gasteiger partial charge on any atom is 0.251 e. The second kappa shape index (κ2) is 6.75. The lowest BCUT2D eigenvalue weighted by Crippen LogP contribution is -2.49. The van der Waals surface area contributed by atoms with Crippen LogP contribution in [0.1, 0.15) is 25.5 Å². The fourth-order valence-electron chi connectivity index (χ4n) is 2.44. The molecule has 0 aliphatic rings. The van der Waals surface area contributed by atoms with Crippen LogP contribution < -0.4 is 5.32 Å². The lowest BCUT2D eigenvalue weighted by atomic mass is 10.0. The number of amides is 1. The second-order valence-electron chi connectivity index (χ2n) is 6.13. The highest BCUT2D eigenvalue weighted by Crippen LogP contribution is 2.20. The van der Waals surface area contributed by atoms with Gasteiger partial charge in [-0.3, -0.25) is 9.48 Å². The average Bonchev–Trinajstić information content (AvgIpc) is 3.02. The summed E-state index contributed by atoms with van der Waals surface area (Å²) in [6.45, 7) is 4.76. The Hall–Kier alpha value is -2.14. The lowest BCUT2D eigenvalue weighted by molar-refractivity contribution is -0.133. The van der Waals surface area contributed by atoms with Crippen molar-refractivity contribution in [3.63, 3.8) is 0 Å². The van der Waals surface area contributed by atoms with E-state index in [0.717, 1.165) is 5.56 Å². The first kappa shape index (κ1) is 16.2. The van der Waals surface area contributed by atoms with Crippen molar-refractivity contribution in [1.82, 2.24) is 20.0 Å². The number of carbonyl (C=O) groups is 1. The molecule has 22 heavy (non-hydrogen) atoms. The van der Waals surface area contributed by atoms with Crippen molar-refractivity contribution in [1.29, 1.82) is 0 Å². The predicted octanol–water partition coefficient (Wildman–Crippen LogP) is 1.93. The van der Waals surface area contributed by atoms with Gasteiger partial charge in [0.1, 0.15) is 0 Å². The number of hydrogen-bond donors (Lipinski definition) is 1. The SMILES string of the molecule is CNC(C)(C)CN(C)C(=O)C(c1ccccc1)n1cccn1. The van der Waals surface area contributed by atoms with Gasteiger partial charge in [-0.05, 0) is 32.5 Å². The molecule has 1 amide bonds. The van der Waals surface area contributed by atoms with Crippen molar-refractivity contribution in [2.75, 3.05) is 20.6 Å². The van der Waals surface area contributed by atoms with Crippen molar-refractivity contribution < 1.29 is 4.79 Å². The number of benzene rings is 1. The fourth-order valence-corrected chi connectivity index (χ4v) is 2.44. The molecule has 1 aromatic carbocycles. The Labute approximate surface area is 131 Å². The highest BCUT2D eigenvalue weighted by atomic mass is 16.2. The van der Waals surface area contributed by atoms with Crippen LogP contribution in [0.15, 0.2) is 48.8 Å². The van der Waals surface area contributed by atoms with Crippen LogP contribution in [0.5, 0.6) is 0 Å². The summed E-state index contributed by atoms with van der Waals surface area (Å²) in [5.41, 5.74) is 0.792. The molecule has 1 aromatic heterocycles. The van der Waals surface area contributed by atoms with Crippen molar-refractivity contribution in [2.24, 2.45) is 0 Å². The van der Waals surface area contributed by atoms with Crippen molar-refractivity contribution in [2.45, 2.75) is 25.4 Å². The first-order valence-electron chi connectivity index (χ1n) is 7.42. The van der Waals surface area contributed by atoms with E-state index in [2.05, 4.69) is 24.3 Å². The Balaban J connectivity index is 2.28. The molecule has 5 nitrogen and oxygen atoms in total. The standard InChI is InChI=1S/C17H24N4O/c1-17(2,18-3)13-20(4)16(22)15(21-12-8-11-19-21)14-9-6-5-7-10-14/h5-12,15,18H,13H2,1-4H3. The van der Waals surface area contributed by atoms with Crippen LogP contribution in [-0.4, -0.2) is 46.8 Å². The van der Waals surface area contributed by atoms with Crippen LogP contribution in [0, 0.1) is 0 Å². The Bertz CT molecular complexity index is 592. The van der Waals surface area contributed by atoms with Crippen LogP contribution in [0.2, 0.25) is 0 Å². The van der Waals surface area contributed by atoms with Gasteiger partial charge in [-0.2, -0.15) is 5.10 Å². The van der Waals surface area contributed by atoms with Crippen molar-refractivity contribution in [3.8, 4) is 0 Å².